The monoisotopic (exact) mass is 239 g/mol. The van der Waals surface area contributed by atoms with Gasteiger partial charge < -0.3 is 9.15 Å². The predicted molar refractivity (Wildman–Crippen MR) is 56.0 cm³/mol. The van der Waals surface area contributed by atoms with E-state index in [0.29, 0.717) is 0 Å². The highest BCUT2D eigenvalue weighted by Gasteiger charge is 2.17. The maximum Gasteiger partial charge on any atom is 0.433 e. The summed E-state index contributed by atoms with van der Waals surface area (Å²) in [7, 11) is 1.13. The molecule has 0 aliphatic heterocycles. The number of nitro groups is 1. The molecule has 0 unspecified atom stereocenters. The van der Waals surface area contributed by atoms with Gasteiger partial charge in [-0.1, -0.05) is 0 Å². The number of esters is 1. The number of carbonyl (C=O) groups is 2. The lowest BCUT2D eigenvalue weighted by molar-refractivity contribution is -0.402. The largest absolute Gasteiger partial charge is 0.465 e. The second-order valence-electron chi connectivity index (χ2n) is 3.04. The van der Waals surface area contributed by atoms with Gasteiger partial charge in [0.05, 0.1) is 13.2 Å². The molecular formula is C10H9NO6. The lowest BCUT2D eigenvalue weighted by Crippen LogP contribution is -2.11. The zero-order chi connectivity index (χ0) is 13.0. The van der Waals surface area contributed by atoms with Crippen LogP contribution >= 0.6 is 0 Å². The molecule has 1 aromatic rings. The van der Waals surface area contributed by atoms with Gasteiger partial charge in [0.15, 0.2) is 5.78 Å². The molecule has 0 saturated heterocycles. The van der Waals surface area contributed by atoms with Crippen LogP contribution in [0.5, 0.6) is 0 Å². The van der Waals surface area contributed by atoms with E-state index in [1.165, 1.54) is 13.0 Å². The van der Waals surface area contributed by atoms with Gasteiger partial charge in [-0.25, -0.2) is 4.79 Å². The molecule has 0 spiro atoms. The molecule has 0 aliphatic rings. The molecule has 1 heterocycles. The molecule has 90 valence electrons. The fourth-order valence-corrected chi connectivity index (χ4v) is 1.07. The number of carbonyl (C=O) groups excluding carboxylic acids is 2. The first-order chi connectivity index (χ1) is 7.95. The van der Waals surface area contributed by atoms with E-state index in [0.717, 1.165) is 19.3 Å². The molecule has 0 amide bonds. The van der Waals surface area contributed by atoms with Crippen LogP contribution in [0.2, 0.25) is 0 Å². The van der Waals surface area contributed by atoms with Crippen molar-refractivity contribution in [1.82, 2.24) is 0 Å². The summed E-state index contributed by atoms with van der Waals surface area (Å²) in [5.41, 5.74) is -0.239. The number of ketones is 1. The zero-order valence-electron chi connectivity index (χ0n) is 9.13. The number of rotatable bonds is 4. The molecular weight excluding hydrogens is 230 g/mol. The number of nitrogens with zero attached hydrogens (tertiary/aromatic N) is 1. The summed E-state index contributed by atoms with van der Waals surface area (Å²) < 4.78 is 9.18. The van der Waals surface area contributed by atoms with Gasteiger partial charge in [-0.15, -0.1) is 0 Å². The third-order valence-corrected chi connectivity index (χ3v) is 1.86. The minimum Gasteiger partial charge on any atom is -0.465 e. The van der Waals surface area contributed by atoms with Crippen molar-refractivity contribution in [2.24, 2.45) is 0 Å². The summed E-state index contributed by atoms with van der Waals surface area (Å²) in [6.45, 7) is 1.18. The van der Waals surface area contributed by atoms with Crippen molar-refractivity contribution in [1.29, 1.82) is 0 Å². The Morgan fingerprint density at radius 2 is 2.12 bits per heavy atom. The first-order valence-corrected chi connectivity index (χ1v) is 4.51. The Morgan fingerprint density at radius 3 is 2.53 bits per heavy atom. The summed E-state index contributed by atoms with van der Waals surface area (Å²) in [6, 6.07) is 2.41. The topological polar surface area (TPSA) is 99.7 Å². The van der Waals surface area contributed by atoms with E-state index in [4.69, 9.17) is 4.42 Å². The first kappa shape index (κ1) is 12.6. The minimum atomic E-state index is -0.823. The quantitative estimate of drug-likeness (QED) is 0.196. The van der Waals surface area contributed by atoms with Crippen LogP contribution in [-0.2, 0) is 14.3 Å². The highest BCUT2D eigenvalue weighted by atomic mass is 16.6. The molecule has 0 atom stereocenters. The molecule has 0 bridgehead atoms. The molecule has 1 rings (SSSR count). The maximum absolute atomic E-state index is 11.2. The van der Waals surface area contributed by atoms with Crippen molar-refractivity contribution in [2.45, 2.75) is 6.92 Å². The molecule has 0 saturated carbocycles. The molecule has 0 aliphatic carbocycles. The molecule has 7 heteroatoms. The van der Waals surface area contributed by atoms with Crippen LogP contribution in [0.4, 0.5) is 5.88 Å². The van der Waals surface area contributed by atoms with Gasteiger partial charge in [-0.2, -0.15) is 0 Å². The van der Waals surface area contributed by atoms with E-state index in [-0.39, 0.29) is 11.3 Å². The summed E-state index contributed by atoms with van der Waals surface area (Å²) in [5, 5.41) is 10.4. The van der Waals surface area contributed by atoms with Gasteiger partial charge in [-0.3, -0.25) is 14.9 Å². The molecule has 1 aromatic heterocycles. The Kier molecular flexibility index (Phi) is 3.76. The van der Waals surface area contributed by atoms with Gasteiger partial charge in [0.1, 0.15) is 16.3 Å². The SMILES string of the molecule is COC(=O)C(=Cc1ccc([N+](=O)[O-])o1)C(C)=O. The van der Waals surface area contributed by atoms with Crippen LogP contribution in [0.15, 0.2) is 22.1 Å². The van der Waals surface area contributed by atoms with Crippen LogP contribution in [-0.4, -0.2) is 23.8 Å². The Hall–Kier alpha value is -2.44. The fraction of sp³-hybridized carbons (Fsp3) is 0.200. The average Bonchev–Trinajstić information content (AvgIpc) is 2.73. The number of hydrogen-bond acceptors (Lipinski definition) is 6. The van der Waals surface area contributed by atoms with Crippen LogP contribution in [0.1, 0.15) is 12.7 Å². The zero-order valence-corrected chi connectivity index (χ0v) is 9.13. The Balaban J connectivity index is 3.09. The van der Waals surface area contributed by atoms with E-state index < -0.39 is 22.6 Å². The average molecular weight is 239 g/mol. The lowest BCUT2D eigenvalue weighted by Gasteiger charge is -1.99. The van der Waals surface area contributed by atoms with Crippen molar-refractivity contribution in [2.75, 3.05) is 7.11 Å². The first-order valence-electron chi connectivity index (χ1n) is 4.51. The number of ether oxygens (including phenoxy) is 1. The van der Waals surface area contributed by atoms with E-state index in [1.807, 2.05) is 0 Å². The van der Waals surface area contributed by atoms with Crippen molar-refractivity contribution in [3.05, 3.63) is 33.6 Å². The van der Waals surface area contributed by atoms with Crippen LogP contribution < -0.4 is 0 Å². The number of hydrogen-bond donors (Lipinski definition) is 0. The van der Waals surface area contributed by atoms with Gasteiger partial charge in [0.2, 0.25) is 0 Å². The molecule has 7 nitrogen and oxygen atoms in total. The molecule has 17 heavy (non-hydrogen) atoms. The second kappa shape index (κ2) is 5.06. The summed E-state index contributed by atoms with van der Waals surface area (Å²) in [4.78, 5) is 32.0. The number of methoxy groups -OCH3 is 1. The molecule has 0 radical (unpaired) electrons. The van der Waals surface area contributed by atoms with Gasteiger partial charge in [0, 0.05) is 0 Å². The minimum absolute atomic E-state index is 0.0345. The number of Topliss-reactive ketones (excluding diaryl/α,β-unsaturated/α-hetero) is 1. The van der Waals surface area contributed by atoms with E-state index in [1.54, 1.807) is 0 Å². The highest BCUT2D eigenvalue weighted by Crippen LogP contribution is 2.18. The standard InChI is InChI=1S/C10H9NO6/c1-6(12)8(10(13)16-2)5-7-3-4-9(17-7)11(14)15/h3-5H,1-2H3. The number of furan rings is 1. The van der Waals surface area contributed by atoms with Crippen molar-refractivity contribution in [3.8, 4) is 0 Å². The summed E-state index contributed by atoms with van der Waals surface area (Å²) >= 11 is 0. The summed E-state index contributed by atoms with van der Waals surface area (Å²) in [6.07, 6.45) is 1.10. The van der Waals surface area contributed by atoms with Crippen molar-refractivity contribution < 1.29 is 23.7 Å². The molecule has 0 aromatic carbocycles. The van der Waals surface area contributed by atoms with Gasteiger partial charge >= 0.3 is 11.9 Å². The van der Waals surface area contributed by atoms with Crippen molar-refractivity contribution >= 4 is 23.7 Å². The van der Waals surface area contributed by atoms with Crippen LogP contribution in [0, 0.1) is 10.1 Å². The van der Waals surface area contributed by atoms with Crippen LogP contribution in [0.3, 0.4) is 0 Å². The van der Waals surface area contributed by atoms with E-state index in [2.05, 4.69) is 4.74 Å². The van der Waals surface area contributed by atoms with Crippen LogP contribution in [0.25, 0.3) is 6.08 Å². The Morgan fingerprint density at radius 1 is 1.47 bits per heavy atom. The van der Waals surface area contributed by atoms with E-state index in [9.17, 15) is 19.7 Å². The predicted octanol–water partition coefficient (Wildman–Crippen LogP) is 1.33. The fourth-order valence-electron chi connectivity index (χ4n) is 1.07. The maximum atomic E-state index is 11.2. The second-order valence-corrected chi connectivity index (χ2v) is 3.04. The third-order valence-electron chi connectivity index (χ3n) is 1.86. The van der Waals surface area contributed by atoms with Gasteiger partial charge in [-0.05, 0) is 19.1 Å². The molecule has 0 N–H and O–H groups in total. The Labute approximate surface area is 95.8 Å². The lowest BCUT2D eigenvalue weighted by atomic mass is 10.1. The van der Waals surface area contributed by atoms with E-state index >= 15 is 0 Å². The summed E-state index contributed by atoms with van der Waals surface area (Å²) in [5.74, 6) is -1.77. The molecule has 0 fully saturated rings. The van der Waals surface area contributed by atoms with Crippen molar-refractivity contribution in [3.63, 3.8) is 0 Å². The normalized spacial score (nSPS) is 11.1. The Bertz CT molecular complexity index is 499. The highest BCUT2D eigenvalue weighted by molar-refractivity contribution is 6.19. The third kappa shape index (κ3) is 3.00. The van der Waals surface area contributed by atoms with Gasteiger partial charge in [0.25, 0.3) is 0 Å². The smallest absolute Gasteiger partial charge is 0.433 e.